The Hall–Kier alpha value is -1.63. The fraction of sp³-hybridized carbons (Fsp3) is 0.545. The van der Waals surface area contributed by atoms with E-state index in [0.717, 1.165) is 5.01 Å². The van der Waals surface area contributed by atoms with E-state index in [-0.39, 0.29) is 18.4 Å². The molecule has 0 fully saturated rings. The molecule has 1 rings (SSSR count). The van der Waals surface area contributed by atoms with Crippen molar-refractivity contribution in [2.75, 3.05) is 6.54 Å². The molecule has 1 aromatic heterocycles. The van der Waals surface area contributed by atoms with Crippen molar-refractivity contribution in [1.29, 1.82) is 0 Å². The number of hydrogen-bond acceptors (Lipinski definition) is 4. The second-order valence-corrected chi connectivity index (χ2v) is 5.01. The van der Waals surface area contributed by atoms with Crippen molar-refractivity contribution in [3.8, 4) is 0 Å². The highest BCUT2D eigenvalue weighted by Crippen LogP contribution is 2.04. The second kappa shape index (κ2) is 7.65. The van der Waals surface area contributed by atoms with Gasteiger partial charge in [0, 0.05) is 24.5 Å². The summed E-state index contributed by atoms with van der Waals surface area (Å²) >= 11 is 1.48. The molecule has 0 aliphatic heterocycles. The predicted octanol–water partition coefficient (Wildman–Crippen LogP) is 1.44. The van der Waals surface area contributed by atoms with Gasteiger partial charge in [-0.1, -0.05) is 6.92 Å². The average molecular weight is 271 g/mol. The maximum absolute atomic E-state index is 11.4. The Kier molecular flexibility index (Phi) is 6.13. The molecule has 1 heterocycles. The molecular weight excluding hydrogens is 254 g/mol. The van der Waals surface area contributed by atoms with Crippen LogP contribution in [0.5, 0.6) is 0 Å². The standard InChI is InChI=1S/C11H17N3O3S/c1-8(2-3-10(15)16)6-13-11(17)14-7-9-12-4-5-18-9/h4-5,8H,2-3,6-7H2,1H3,(H,15,16)(H2,13,14,17). The van der Waals surface area contributed by atoms with Gasteiger partial charge in [-0.25, -0.2) is 9.78 Å². The van der Waals surface area contributed by atoms with Gasteiger partial charge in [0.25, 0.3) is 0 Å². The normalized spacial score (nSPS) is 11.8. The van der Waals surface area contributed by atoms with E-state index in [2.05, 4.69) is 15.6 Å². The van der Waals surface area contributed by atoms with Gasteiger partial charge in [0.05, 0.1) is 6.54 Å². The summed E-state index contributed by atoms with van der Waals surface area (Å²) in [5.41, 5.74) is 0. The molecule has 0 radical (unpaired) electrons. The van der Waals surface area contributed by atoms with Gasteiger partial charge >= 0.3 is 12.0 Å². The Bertz CT molecular complexity index is 381. The lowest BCUT2D eigenvalue weighted by molar-refractivity contribution is -0.137. The van der Waals surface area contributed by atoms with Gasteiger partial charge in [0.15, 0.2) is 0 Å². The molecule has 2 amide bonds. The Morgan fingerprint density at radius 1 is 1.50 bits per heavy atom. The number of aliphatic carboxylic acids is 1. The number of urea groups is 1. The molecule has 6 nitrogen and oxygen atoms in total. The molecule has 100 valence electrons. The van der Waals surface area contributed by atoms with Crippen molar-refractivity contribution in [2.24, 2.45) is 5.92 Å². The first kappa shape index (κ1) is 14.4. The smallest absolute Gasteiger partial charge is 0.315 e. The number of rotatable bonds is 7. The van der Waals surface area contributed by atoms with Gasteiger partial charge < -0.3 is 15.7 Å². The van der Waals surface area contributed by atoms with E-state index in [1.807, 2.05) is 12.3 Å². The van der Waals surface area contributed by atoms with Crippen LogP contribution in [0.3, 0.4) is 0 Å². The summed E-state index contributed by atoms with van der Waals surface area (Å²) in [5, 5.41) is 16.6. The molecule has 7 heteroatoms. The molecule has 3 N–H and O–H groups in total. The highest BCUT2D eigenvalue weighted by molar-refractivity contribution is 7.09. The van der Waals surface area contributed by atoms with E-state index in [0.29, 0.717) is 19.5 Å². The Balaban J connectivity index is 2.11. The molecule has 1 unspecified atom stereocenters. The third kappa shape index (κ3) is 6.19. The number of amides is 2. The van der Waals surface area contributed by atoms with Gasteiger partial charge in [0.1, 0.15) is 5.01 Å². The van der Waals surface area contributed by atoms with Crippen LogP contribution in [0.1, 0.15) is 24.8 Å². The SMILES string of the molecule is CC(CCC(=O)O)CNC(=O)NCc1nccs1. The zero-order valence-corrected chi connectivity index (χ0v) is 11.0. The molecule has 0 bridgehead atoms. The van der Waals surface area contributed by atoms with Crippen LogP contribution in [0.25, 0.3) is 0 Å². The van der Waals surface area contributed by atoms with Crippen LogP contribution in [-0.2, 0) is 11.3 Å². The minimum absolute atomic E-state index is 0.129. The lowest BCUT2D eigenvalue weighted by atomic mass is 10.1. The summed E-state index contributed by atoms with van der Waals surface area (Å²) in [6.07, 6.45) is 2.37. The van der Waals surface area contributed by atoms with Crippen LogP contribution >= 0.6 is 11.3 Å². The molecule has 0 spiro atoms. The van der Waals surface area contributed by atoms with Crippen molar-refractivity contribution >= 4 is 23.3 Å². The van der Waals surface area contributed by atoms with Crippen molar-refractivity contribution in [1.82, 2.24) is 15.6 Å². The van der Waals surface area contributed by atoms with Crippen molar-refractivity contribution in [3.63, 3.8) is 0 Å². The molecule has 18 heavy (non-hydrogen) atoms. The summed E-state index contributed by atoms with van der Waals surface area (Å²) in [4.78, 5) is 25.8. The Morgan fingerprint density at radius 3 is 2.89 bits per heavy atom. The topological polar surface area (TPSA) is 91.3 Å². The van der Waals surface area contributed by atoms with Gasteiger partial charge in [-0.15, -0.1) is 11.3 Å². The van der Waals surface area contributed by atoms with Crippen LogP contribution < -0.4 is 10.6 Å². The number of carbonyl (C=O) groups is 2. The van der Waals surface area contributed by atoms with Gasteiger partial charge in [0.2, 0.25) is 0 Å². The highest BCUT2D eigenvalue weighted by atomic mass is 32.1. The van der Waals surface area contributed by atoms with Crippen molar-refractivity contribution < 1.29 is 14.7 Å². The number of aromatic nitrogens is 1. The van der Waals surface area contributed by atoms with Crippen LogP contribution in [0.15, 0.2) is 11.6 Å². The van der Waals surface area contributed by atoms with Crippen LogP contribution in [0.4, 0.5) is 4.79 Å². The number of carboxylic acids is 1. The minimum atomic E-state index is -0.810. The summed E-state index contributed by atoms with van der Waals surface area (Å²) in [7, 11) is 0. The number of thiazole rings is 1. The van der Waals surface area contributed by atoms with E-state index in [4.69, 9.17) is 5.11 Å². The first-order chi connectivity index (χ1) is 8.58. The molecular formula is C11H17N3O3S. The zero-order chi connectivity index (χ0) is 13.4. The van der Waals surface area contributed by atoms with Crippen LogP contribution in [-0.4, -0.2) is 28.6 Å². The summed E-state index contributed by atoms with van der Waals surface area (Å²) in [5.74, 6) is -0.665. The molecule has 1 atom stereocenters. The Labute approximate surface area is 109 Å². The second-order valence-electron chi connectivity index (χ2n) is 4.03. The van der Waals surface area contributed by atoms with Crippen molar-refractivity contribution in [2.45, 2.75) is 26.3 Å². The fourth-order valence-electron chi connectivity index (χ4n) is 1.30. The van der Waals surface area contributed by atoms with Crippen molar-refractivity contribution in [3.05, 3.63) is 16.6 Å². The molecule has 0 saturated heterocycles. The lowest BCUT2D eigenvalue weighted by Gasteiger charge is -2.11. The van der Waals surface area contributed by atoms with Gasteiger partial charge in [-0.3, -0.25) is 4.79 Å². The monoisotopic (exact) mass is 271 g/mol. The largest absolute Gasteiger partial charge is 0.481 e. The van der Waals surface area contributed by atoms with E-state index >= 15 is 0 Å². The predicted molar refractivity (Wildman–Crippen MR) is 68.4 cm³/mol. The third-order valence-electron chi connectivity index (χ3n) is 2.35. The number of nitrogens with zero attached hydrogens (tertiary/aromatic N) is 1. The number of nitrogens with one attached hydrogen (secondary N) is 2. The quantitative estimate of drug-likeness (QED) is 0.700. The highest BCUT2D eigenvalue weighted by Gasteiger charge is 2.07. The van der Waals surface area contributed by atoms with E-state index in [1.54, 1.807) is 6.20 Å². The maximum Gasteiger partial charge on any atom is 0.315 e. The summed E-state index contributed by atoms with van der Waals surface area (Å²) < 4.78 is 0. The molecule has 0 aliphatic carbocycles. The minimum Gasteiger partial charge on any atom is -0.481 e. The first-order valence-electron chi connectivity index (χ1n) is 5.69. The lowest BCUT2D eigenvalue weighted by Crippen LogP contribution is -2.37. The third-order valence-corrected chi connectivity index (χ3v) is 3.13. The van der Waals surface area contributed by atoms with Gasteiger partial charge in [-0.05, 0) is 12.3 Å². The molecule has 0 aromatic carbocycles. The van der Waals surface area contributed by atoms with Crippen LogP contribution in [0, 0.1) is 5.92 Å². The van der Waals surface area contributed by atoms with E-state index < -0.39 is 5.97 Å². The number of carbonyl (C=O) groups excluding carboxylic acids is 1. The number of hydrogen-bond donors (Lipinski definition) is 3. The molecule has 0 aliphatic rings. The van der Waals surface area contributed by atoms with E-state index in [1.165, 1.54) is 11.3 Å². The number of carboxylic acid groups (broad SMARTS) is 1. The Morgan fingerprint density at radius 2 is 2.28 bits per heavy atom. The average Bonchev–Trinajstić information content (AvgIpc) is 2.84. The van der Waals surface area contributed by atoms with Crippen LogP contribution in [0.2, 0.25) is 0 Å². The van der Waals surface area contributed by atoms with E-state index in [9.17, 15) is 9.59 Å². The fourth-order valence-corrected chi connectivity index (χ4v) is 1.85. The van der Waals surface area contributed by atoms with Gasteiger partial charge in [-0.2, -0.15) is 0 Å². The zero-order valence-electron chi connectivity index (χ0n) is 10.2. The summed E-state index contributed by atoms with van der Waals surface area (Å²) in [6, 6.07) is -0.257. The molecule has 0 saturated carbocycles. The maximum atomic E-state index is 11.4. The first-order valence-corrected chi connectivity index (χ1v) is 6.57. The molecule has 1 aromatic rings. The summed E-state index contributed by atoms with van der Waals surface area (Å²) in [6.45, 7) is 2.79.